The number of aromatic nitrogens is 1. The second-order valence-electron chi connectivity index (χ2n) is 6.41. The van der Waals surface area contributed by atoms with E-state index in [1.54, 1.807) is 0 Å². The first-order valence-electron chi connectivity index (χ1n) is 8.03. The highest BCUT2D eigenvalue weighted by Gasteiger charge is 2.29. The van der Waals surface area contributed by atoms with E-state index in [2.05, 4.69) is 10.3 Å². The normalized spacial score (nSPS) is 21.2. The van der Waals surface area contributed by atoms with Gasteiger partial charge in [0.2, 0.25) is 0 Å². The van der Waals surface area contributed by atoms with E-state index in [-0.39, 0.29) is 17.3 Å². The number of hydrogen-bond acceptors (Lipinski definition) is 2. The lowest BCUT2D eigenvalue weighted by atomic mass is 9.86. The van der Waals surface area contributed by atoms with E-state index >= 15 is 0 Å². The Kier molecular flexibility index (Phi) is 3.18. The number of piperidine rings is 1. The summed E-state index contributed by atoms with van der Waals surface area (Å²) in [5.74, 6) is -0.695. The number of primary amides is 1. The lowest BCUT2D eigenvalue weighted by Crippen LogP contribution is -2.29. The van der Waals surface area contributed by atoms with E-state index in [4.69, 9.17) is 5.73 Å². The molecule has 4 N–H and O–H groups in total. The van der Waals surface area contributed by atoms with Crippen LogP contribution in [0.15, 0.2) is 6.07 Å². The molecule has 0 radical (unpaired) electrons. The van der Waals surface area contributed by atoms with Crippen molar-refractivity contribution in [3.8, 4) is 0 Å². The fraction of sp³-hybridized carbons (Fsp3) is 0.471. The van der Waals surface area contributed by atoms with Gasteiger partial charge in [0.15, 0.2) is 0 Å². The van der Waals surface area contributed by atoms with Crippen LogP contribution in [-0.2, 0) is 12.8 Å². The number of aryl methyl sites for hydroxylation is 2. The van der Waals surface area contributed by atoms with Crippen LogP contribution in [0.25, 0.3) is 10.9 Å². The second kappa shape index (κ2) is 5.09. The van der Waals surface area contributed by atoms with Crippen LogP contribution < -0.4 is 11.1 Å². The van der Waals surface area contributed by atoms with Crippen LogP contribution in [0.4, 0.5) is 4.39 Å². The van der Waals surface area contributed by atoms with Crippen molar-refractivity contribution in [2.75, 3.05) is 13.1 Å². The Bertz CT molecular complexity index is 759. The first kappa shape index (κ1) is 13.8. The number of benzene rings is 1. The summed E-state index contributed by atoms with van der Waals surface area (Å²) in [6.45, 7) is 1.79. The average molecular weight is 301 g/mol. The quantitative estimate of drug-likeness (QED) is 0.797. The van der Waals surface area contributed by atoms with Crippen molar-refractivity contribution in [2.24, 2.45) is 5.73 Å². The van der Waals surface area contributed by atoms with Gasteiger partial charge in [0, 0.05) is 23.2 Å². The molecule has 1 saturated heterocycles. The van der Waals surface area contributed by atoms with Crippen LogP contribution in [0.1, 0.15) is 52.4 Å². The largest absolute Gasteiger partial charge is 0.366 e. The number of nitrogens with two attached hydrogens (primary N) is 1. The molecule has 1 aliphatic heterocycles. The highest BCUT2D eigenvalue weighted by atomic mass is 19.1. The Labute approximate surface area is 128 Å². The minimum Gasteiger partial charge on any atom is -0.366 e. The third kappa shape index (κ3) is 1.96. The van der Waals surface area contributed by atoms with E-state index in [1.165, 1.54) is 11.6 Å². The summed E-state index contributed by atoms with van der Waals surface area (Å²) in [6, 6.07) is 1.32. The first-order valence-corrected chi connectivity index (χ1v) is 8.03. The Balaban J connectivity index is 2.01. The van der Waals surface area contributed by atoms with E-state index in [0.29, 0.717) is 0 Å². The third-order valence-electron chi connectivity index (χ3n) is 5.08. The van der Waals surface area contributed by atoms with E-state index in [1.807, 2.05) is 0 Å². The van der Waals surface area contributed by atoms with Crippen LogP contribution in [0.5, 0.6) is 0 Å². The van der Waals surface area contributed by atoms with Gasteiger partial charge in [-0.05, 0) is 56.2 Å². The SMILES string of the molecule is NC(=O)c1cc(F)c(C2CCCNC2)c2c3c([nH]c12)CCC3. The van der Waals surface area contributed by atoms with Gasteiger partial charge in [0.25, 0.3) is 5.91 Å². The maximum atomic E-state index is 14.8. The van der Waals surface area contributed by atoms with Crippen LogP contribution in [0.3, 0.4) is 0 Å². The summed E-state index contributed by atoms with van der Waals surface area (Å²) in [7, 11) is 0. The molecular formula is C17H20FN3O. The number of amides is 1. The summed E-state index contributed by atoms with van der Waals surface area (Å²) >= 11 is 0. The number of nitrogens with one attached hydrogen (secondary N) is 2. The molecule has 1 aromatic carbocycles. The van der Waals surface area contributed by atoms with Gasteiger partial charge in [0.05, 0.1) is 11.1 Å². The molecule has 2 heterocycles. The number of aromatic amines is 1. The van der Waals surface area contributed by atoms with E-state index in [0.717, 1.165) is 67.4 Å². The zero-order valence-electron chi connectivity index (χ0n) is 12.5. The standard InChI is InChI=1S/C17H20FN3O/c18-12-7-11(17(19)22)16-15(10-4-1-5-13(10)21-16)14(12)9-3-2-6-20-8-9/h7,9,20-21H,1-6,8H2,(H2,19,22). The Morgan fingerprint density at radius 3 is 2.91 bits per heavy atom. The Hall–Kier alpha value is -1.88. The lowest BCUT2D eigenvalue weighted by Gasteiger charge is -2.25. The summed E-state index contributed by atoms with van der Waals surface area (Å²) in [5, 5.41) is 4.28. The number of H-pyrrole nitrogens is 1. The predicted octanol–water partition coefficient (Wildman–Crippen LogP) is 2.36. The highest BCUT2D eigenvalue weighted by Crippen LogP contribution is 2.39. The van der Waals surface area contributed by atoms with Crippen molar-refractivity contribution < 1.29 is 9.18 Å². The van der Waals surface area contributed by atoms with Gasteiger partial charge < -0.3 is 16.0 Å². The average Bonchev–Trinajstić information content (AvgIpc) is 3.08. The van der Waals surface area contributed by atoms with Gasteiger partial charge in [-0.1, -0.05) is 0 Å². The van der Waals surface area contributed by atoms with Crippen molar-refractivity contribution >= 4 is 16.8 Å². The zero-order chi connectivity index (χ0) is 15.3. The lowest BCUT2D eigenvalue weighted by molar-refractivity contribution is 0.100. The minimum absolute atomic E-state index is 0.165. The van der Waals surface area contributed by atoms with Gasteiger partial charge >= 0.3 is 0 Å². The molecule has 1 aliphatic carbocycles. The molecule has 0 bridgehead atoms. The van der Waals surface area contributed by atoms with Crippen molar-refractivity contribution in [1.82, 2.24) is 10.3 Å². The summed E-state index contributed by atoms with van der Waals surface area (Å²) < 4.78 is 14.8. The maximum Gasteiger partial charge on any atom is 0.250 e. The molecule has 0 spiro atoms. The Morgan fingerprint density at radius 1 is 1.32 bits per heavy atom. The van der Waals surface area contributed by atoms with Crippen molar-refractivity contribution in [1.29, 1.82) is 0 Å². The predicted molar refractivity (Wildman–Crippen MR) is 83.6 cm³/mol. The van der Waals surface area contributed by atoms with Gasteiger partial charge in [-0.25, -0.2) is 4.39 Å². The second-order valence-corrected chi connectivity index (χ2v) is 6.41. The molecule has 2 aliphatic rings. The molecule has 116 valence electrons. The number of rotatable bonds is 2. The fourth-order valence-corrected chi connectivity index (χ4v) is 4.11. The number of carbonyl (C=O) groups is 1. The molecule has 4 rings (SSSR count). The topological polar surface area (TPSA) is 70.9 Å². The number of carbonyl (C=O) groups excluding carboxylic acids is 1. The number of fused-ring (bicyclic) bond motifs is 3. The zero-order valence-corrected chi connectivity index (χ0v) is 12.5. The van der Waals surface area contributed by atoms with Crippen molar-refractivity contribution in [3.63, 3.8) is 0 Å². The molecule has 0 saturated carbocycles. The number of halogens is 1. The first-order chi connectivity index (χ1) is 10.7. The van der Waals surface area contributed by atoms with E-state index < -0.39 is 5.91 Å². The van der Waals surface area contributed by atoms with Crippen LogP contribution in [0, 0.1) is 5.82 Å². The van der Waals surface area contributed by atoms with Crippen LogP contribution in [-0.4, -0.2) is 24.0 Å². The van der Waals surface area contributed by atoms with Gasteiger partial charge in [-0.15, -0.1) is 0 Å². The minimum atomic E-state index is -0.572. The van der Waals surface area contributed by atoms with Gasteiger partial charge in [-0.2, -0.15) is 0 Å². The van der Waals surface area contributed by atoms with Crippen molar-refractivity contribution in [2.45, 2.75) is 38.0 Å². The highest BCUT2D eigenvalue weighted by molar-refractivity contribution is 6.07. The van der Waals surface area contributed by atoms with Gasteiger partial charge in [0.1, 0.15) is 5.82 Å². The summed E-state index contributed by atoms with van der Waals surface area (Å²) in [4.78, 5) is 15.0. The van der Waals surface area contributed by atoms with Gasteiger partial charge in [-0.3, -0.25) is 4.79 Å². The molecule has 1 unspecified atom stereocenters. The molecule has 1 aromatic heterocycles. The van der Waals surface area contributed by atoms with E-state index in [9.17, 15) is 9.18 Å². The fourth-order valence-electron chi connectivity index (χ4n) is 4.11. The molecule has 1 fully saturated rings. The van der Waals surface area contributed by atoms with Crippen molar-refractivity contribution in [3.05, 3.63) is 34.3 Å². The molecule has 1 amide bonds. The maximum absolute atomic E-state index is 14.8. The smallest absolute Gasteiger partial charge is 0.250 e. The van der Waals surface area contributed by atoms with Crippen LogP contribution >= 0.6 is 0 Å². The molecule has 22 heavy (non-hydrogen) atoms. The summed E-state index contributed by atoms with van der Waals surface area (Å²) in [6.07, 6.45) is 5.03. The Morgan fingerprint density at radius 2 is 2.18 bits per heavy atom. The molecule has 1 atom stereocenters. The molecule has 2 aromatic rings. The molecule has 5 heteroatoms. The molecule has 4 nitrogen and oxygen atoms in total. The third-order valence-corrected chi connectivity index (χ3v) is 5.08. The molecular weight excluding hydrogens is 281 g/mol. The summed E-state index contributed by atoms with van der Waals surface area (Å²) in [5.41, 5.74) is 9.57. The monoisotopic (exact) mass is 301 g/mol. The number of hydrogen-bond donors (Lipinski definition) is 3. The van der Waals surface area contributed by atoms with Crippen LogP contribution in [0.2, 0.25) is 0 Å².